The fourth-order valence-corrected chi connectivity index (χ4v) is 4.12. The molecule has 4 N–H and O–H groups in total. The average Bonchev–Trinajstić information content (AvgIpc) is 3.25. The summed E-state index contributed by atoms with van der Waals surface area (Å²) in [6.07, 6.45) is 1.26. The lowest BCUT2D eigenvalue weighted by Crippen LogP contribution is -2.31. The van der Waals surface area contributed by atoms with Crippen LogP contribution in [0, 0.1) is 0 Å². The number of ether oxygens (including phenoxy) is 1. The molecule has 0 aliphatic heterocycles. The van der Waals surface area contributed by atoms with E-state index in [0.717, 1.165) is 51.7 Å². The van der Waals surface area contributed by atoms with Gasteiger partial charge in [0.1, 0.15) is 17.9 Å². The van der Waals surface area contributed by atoms with Gasteiger partial charge in [0.2, 0.25) is 5.91 Å². The number of para-hydroxylation sites is 1. The minimum Gasteiger partial charge on any atom is -0.448 e. The number of aromatic nitrogens is 3. The second kappa shape index (κ2) is 11.6. The van der Waals surface area contributed by atoms with Gasteiger partial charge in [-0.2, -0.15) is 0 Å². The molecule has 2 amide bonds. The number of nitrogens with one attached hydrogen (secondary N) is 2. The van der Waals surface area contributed by atoms with Crippen molar-refractivity contribution in [3.05, 3.63) is 77.6 Å². The predicted molar refractivity (Wildman–Crippen MR) is 145 cm³/mol. The number of nitrogens with zero attached hydrogens (tertiary/aromatic N) is 3. The summed E-state index contributed by atoms with van der Waals surface area (Å²) >= 11 is 0. The van der Waals surface area contributed by atoms with Gasteiger partial charge in [-0.3, -0.25) is 4.79 Å². The summed E-state index contributed by atoms with van der Waals surface area (Å²) in [5, 5.41) is 6.36. The van der Waals surface area contributed by atoms with Crippen LogP contribution in [0.1, 0.15) is 37.2 Å². The Labute approximate surface area is 215 Å². The quantitative estimate of drug-likeness (QED) is 0.223. The molecule has 37 heavy (non-hydrogen) atoms. The lowest BCUT2D eigenvalue weighted by Gasteiger charge is -2.12. The van der Waals surface area contributed by atoms with Gasteiger partial charge in [-0.15, -0.1) is 0 Å². The summed E-state index contributed by atoms with van der Waals surface area (Å²) in [7, 11) is 0. The molecule has 4 aromatic rings. The number of benzene rings is 2. The van der Waals surface area contributed by atoms with Gasteiger partial charge in [0.25, 0.3) is 0 Å². The van der Waals surface area contributed by atoms with Gasteiger partial charge < -0.3 is 25.7 Å². The summed E-state index contributed by atoms with van der Waals surface area (Å²) in [6.45, 7) is 8.59. The van der Waals surface area contributed by atoms with Gasteiger partial charge >= 0.3 is 6.09 Å². The van der Waals surface area contributed by atoms with Crippen LogP contribution in [0.2, 0.25) is 0 Å². The number of pyridine rings is 1. The second-order valence-electron chi connectivity index (χ2n) is 8.92. The van der Waals surface area contributed by atoms with Crippen LogP contribution in [0.15, 0.2) is 60.7 Å². The van der Waals surface area contributed by atoms with Gasteiger partial charge in [0.05, 0.1) is 17.6 Å². The number of rotatable bonds is 10. The van der Waals surface area contributed by atoms with E-state index >= 15 is 0 Å². The van der Waals surface area contributed by atoms with Crippen LogP contribution in [0.3, 0.4) is 0 Å². The van der Waals surface area contributed by atoms with Crippen molar-refractivity contribution in [2.75, 3.05) is 18.9 Å². The zero-order valence-electron chi connectivity index (χ0n) is 21.2. The minimum atomic E-state index is -0.541. The number of alkyl carbamates (subject to hydrolysis) is 1. The van der Waals surface area contributed by atoms with Crippen molar-refractivity contribution in [2.45, 2.75) is 39.8 Å². The maximum atomic E-state index is 11.9. The van der Waals surface area contributed by atoms with Crippen molar-refractivity contribution in [1.29, 1.82) is 0 Å². The first-order chi connectivity index (χ1) is 17.9. The van der Waals surface area contributed by atoms with Crippen LogP contribution >= 0.6 is 0 Å². The van der Waals surface area contributed by atoms with Crippen LogP contribution in [0.25, 0.3) is 21.9 Å². The number of fused-ring (bicyclic) bond motifs is 3. The first-order valence-corrected chi connectivity index (χ1v) is 12.3. The fourth-order valence-electron chi connectivity index (χ4n) is 4.12. The van der Waals surface area contributed by atoms with Crippen LogP contribution in [-0.4, -0.2) is 39.7 Å². The molecule has 2 aromatic heterocycles. The maximum Gasteiger partial charge on any atom is 0.407 e. The smallest absolute Gasteiger partial charge is 0.407 e. The number of carbonyl (C=O) groups excluding carboxylic acids is 2. The third-order valence-electron chi connectivity index (χ3n) is 5.97. The van der Waals surface area contributed by atoms with Gasteiger partial charge in [0.15, 0.2) is 5.82 Å². The molecule has 0 fully saturated rings. The molecule has 0 bridgehead atoms. The highest BCUT2D eigenvalue weighted by Crippen LogP contribution is 2.29. The van der Waals surface area contributed by atoms with Crippen molar-refractivity contribution >= 4 is 39.8 Å². The highest BCUT2D eigenvalue weighted by Gasteiger charge is 2.17. The number of nitrogens with two attached hydrogens (primary N) is 1. The Morgan fingerprint density at radius 2 is 1.78 bits per heavy atom. The normalized spacial score (nSPS) is 11.0. The molecule has 2 aromatic carbocycles. The Morgan fingerprint density at radius 1 is 1.05 bits per heavy atom. The number of nitrogen functional groups attached to an aromatic ring is 1. The highest BCUT2D eigenvalue weighted by atomic mass is 16.5. The number of hydrogen-bond acceptors (Lipinski definition) is 6. The molecule has 0 spiro atoms. The van der Waals surface area contributed by atoms with E-state index in [1.165, 1.54) is 0 Å². The van der Waals surface area contributed by atoms with E-state index < -0.39 is 6.09 Å². The van der Waals surface area contributed by atoms with Crippen LogP contribution < -0.4 is 16.4 Å². The summed E-state index contributed by atoms with van der Waals surface area (Å²) in [5.74, 6) is 1.16. The van der Waals surface area contributed by atoms with E-state index in [0.29, 0.717) is 24.5 Å². The molecule has 0 aliphatic rings. The third kappa shape index (κ3) is 6.06. The summed E-state index contributed by atoms with van der Waals surface area (Å²) in [4.78, 5) is 32.8. The zero-order chi connectivity index (χ0) is 26.4. The summed E-state index contributed by atoms with van der Waals surface area (Å²) in [5.41, 5.74) is 11.3. The monoisotopic (exact) mass is 500 g/mol. The fraction of sp³-hybridized carbons (Fsp3) is 0.286. The lowest BCUT2D eigenvalue weighted by atomic mass is 10.1. The van der Waals surface area contributed by atoms with Gasteiger partial charge in [-0.25, -0.2) is 14.8 Å². The Hall–Kier alpha value is -4.40. The van der Waals surface area contributed by atoms with Gasteiger partial charge in [0, 0.05) is 30.5 Å². The Balaban J connectivity index is 1.43. The first-order valence-electron chi connectivity index (χ1n) is 12.3. The SMILES string of the molecule is C=C(C)C(=O)NCCOC(=O)NCc1ccc(Cn2c(CCC)nc3c(N)nc4ccccc4c32)cc1. The summed E-state index contributed by atoms with van der Waals surface area (Å²) in [6, 6.07) is 16.0. The molecule has 0 saturated heterocycles. The average molecular weight is 501 g/mol. The molecular formula is C28H32N6O3. The first kappa shape index (κ1) is 25.7. The lowest BCUT2D eigenvalue weighted by molar-refractivity contribution is -0.117. The summed E-state index contributed by atoms with van der Waals surface area (Å²) < 4.78 is 7.32. The zero-order valence-corrected chi connectivity index (χ0v) is 21.2. The van der Waals surface area contributed by atoms with Crippen molar-refractivity contribution in [1.82, 2.24) is 25.2 Å². The number of hydrogen-bond donors (Lipinski definition) is 3. The molecule has 0 saturated carbocycles. The van der Waals surface area contributed by atoms with E-state index in [1.807, 2.05) is 42.5 Å². The van der Waals surface area contributed by atoms with E-state index in [4.69, 9.17) is 15.5 Å². The minimum absolute atomic E-state index is 0.0808. The Kier molecular flexibility index (Phi) is 8.02. The molecular weight excluding hydrogens is 468 g/mol. The molecule has 0 radical (unpaired) electrons. The van der Waals surface area contributed by atoms with E-state index in [2.05, 4.69) is 39.8 Å². The second-order valence-corrected chi connectivity index (χ2v) is 8.92. The van der Waals surface area contributed by atoms with Crippen molar-refractivity contribution in [2.24, 2.45) is 0 Å². The van der Waals surface area contributed by atoms with Crippen molar-refractivity contribution < 1.29 is 14.3 Å². The number of carbonyl (C=O) groups is 2. The van der Waals surface area contributed by atoms with E-state index in [-0.39, 0.29) is 19.1 Å². The molecule has 4 rings (SSSR count). The molecule has 9 heteroatoms. The standard InChI is InChI=1S/C28H32N6O3/c1-4-7-23-33-24-25(21-8-5-6-9-22(21)32-26(24)29)34(23)17-20-12-10-19(11-13-20)16-31-28(36)37-15-14-30-27(35)18(2)3/h5-6,8-13H,2,4,7,14-17H2,1,3H3,(H2,29,32)(H,30,35)(H,31,36). The Morgan fingerprint density at radius 3 is 2.51 bits per heavy atom. The van der Waals surface area contributed by atoms with Crippen LogP contribution in [-0.2, 0) is 29.0 Å². The van der Waals surface area contributed by atoms with E-state index in [1.54, 1.807) is 6.92 Å². The highest BCUT2D eigenvalue weighted by molar-refractivity contribution is 6.06. The van der Waals surface area contributed by atoms with Gasteiger partial charge in [-0.1, -0.05) is 56.0 Å². The molecule has 9 nitrogen and oxygen atoms in total. The molecule has 2 heterocycles. The van der Waals surface area contributed by atoms with Gasteiger partial charge in [-0.05, 0) is 30.5 Å². The molecule has 0 unspecified atom stereocenters. The van der Waals surface area contributed by atoms with Crippen LogP contribution in [0.4, 0.5) is 10.6 Å². The topological polar surface area (TPSA) is 124 Å². The Bertz CT molecular complexity index is 1440. The van der Waals surface area contributed by atoms with Crippen molar-refractivity contribution in [3.8, 4) is 0 Å². The third-order valence-corrected chi connectivity index (χ3v) is 5.97. The predicted octanol–water partition coefficient (Wildman–Crippen LogP) is 4.09. The number of anilines is 1. The largest absolute Gasteiger partial charge is 0.448 e. The number of aryl methyl sites for hydroxylation is 1. The van der Waals surface area contributed by atoms with E-state index in [9.17, 15) is 9.59 Å². The number of imidazole rings is 1. The molecule has 192 valence electrons. The number of amides is 2. The van der Waals surface area contributed by atoms with Crippen molar-refractivity contribution in [3.63, 3.8) is 0 Å². The molecule has 0 aliphatic carbocycles. The maximum absolute atomic E-state index is 11.9. The molecule has 0 atom stereocenters. The van der Waals surface area contributed by atoms with Crippen LogP contribution in [0.5, 0.6) is 0 Å².